The van der Waals surface area contributed by atoms with Crippen LogP contribution in [0.4, 0.5) is 0 Å². The summed E-state index contributed by atoms with van der Waals surface area (Å²) in [5.41, 5.74) is 2.31. The second-order valence-corrected chi connectivity index (χ2v) is 8.24. The Labute approximate surface area is 165 Å². The van der Waals surface area contributed by atoms with Gasteiger partial charge >= 0.3 is 0 Å². The van der Waals surface area contributed by atoms with Gasteiger partial charge in [0.05, 0.1) is 5.52 Å². The number of hydrogen-bond donors (Lipinski definition) is 1. The van der Waals surface area contributed by atoms with E-state index in [0.29, 0.717) is 0 Å². The molecule has 2 aromatic rings. The molecule has 0 aliphatic carbocycles. The van der Waals surface area contributed by atoms with Crippen LogP contribution in [0.1, 0.15) is 38.7 Å². The highest BCUT2D eigenvalue weighted by Crippen LogP contribution is 2.39. The van der Waals surface area contributed by atoms with Crippen molar-refractivity contribution in [3.05, 3.63) is 42.1 Å². The summed E-state index contributed by atoms with van der Waals surface area (Å²) in [7, 11) is 0. The molecule has 1 aromatic heterocycles. The molecule has 2 aliphatic heterocycles. The van der Waals surface area contributed by atoms with E-state index in [1.165, 1.54) is 5.56 Å². The fourth-order valence-corrected chi connectivity index (χ4v) is 4.93. The Morgan fingerprint density at radius 3 is 2.71 bits per heavy atom. The maximum Gasteiger partial charge on any atom is 0.219 e. The Hall–Kier alpha value is -2.47. The minimum atomic E-state index is 0.0277. The zero-order chi connectivity index (χ0) is 19.7. The maximum atomic E-state index is 11.8. The van der Waals surface area contributed by atoms with Crippen molar-refractivity contribution >= 4 is 22.7 Å². The number of carbonyl (C=O) groups is 2. The minimum absolute atomic E-state index is 0.0277. The monoisotopic (exact) mass is 380 g/mol. The zero-order valence-electron chi connectivity index (χ0n) is 16.6. The first-order valence-electron chi connectivity index (χ1n) is 10.1. The second kappa shape index (κ2) is 7.51. The van der Waals surface area contributed by atoms with E-state index < -0.39 is 0 Å². The van der Waals surface area contributed by atoms with Crippen LogP contribution in [-0.4, -0.2) is 57.8 Å². The highest BCUT2D eigenvalue weighted by molar-refractivity contribution is 5.79. The van der Waals surface area contributed by atoms with Crippen LogP contribution in [0.5, 0.6) is 0 Å². The van der Waals surface area contributed by atoms with Crippen molar-refractivity contribution in [1.82, 2.24) is 20.1 Å². The third-order valence-corrected chi connectivity index (χ3v) is 6.33. The van der Waals surface area contributed by atoms with E-state index in [1.807, 2.05) is 17.2 Å². The molecule has 6 nitrogen and oxygen atoms in total. The van der Waals surface area contributed by atoms with Crippen molar-refractivity contribution in [1.29, 1.82) is 0 Å². The van der Waals surface area contributed by atoms with Crippen LogP contribution < -0.4 is 5.32 Å². The largest absolute Gasteiger partial charge is 0.352 e. The summed E-state index contributed by atoms with van der Waals surface area (Å²) >= 11 is 0. The van der Waals surface area contributed by atoms with E-state index in [-0.39, 0.29) is 23.4 Å². The number of benzene rings is 1. The molecule has 1 aromatic carbocycles. The summed E-state index contributed by atoms with van der Waals surface area (Å²) in [6.45, 7) is 6.52. The van der Waals surface area contributed by atoms with Gasteiger partial charge in [0.25, 0.3) is 0 Å². The standard InChI is InChI=1S/C22H28N4O2/c1-16(27)24-20-13-22(7-10-25(11-8-22)17(2)28)26(15-20)14-18-5-6-21-19(12-18)4-3-9-23-21/h3-6,9,12,20H,7-8,10-11,13-15H2,1-2H3,(H,24,27)/t20-/m0/s1. The molecule has 148 valence electrons. The van der Waals surface area contributed by atoms with E-state index in [1.54, 1.807) is 13.8 Å². The molecule has 2 fully saturated rings. The van der Waals surface area contributed by atoms with Gasteiger partial charge < -0.3 is 10.2 Å². The van der Waals surface area contributed by atoms with Gasteiger partial charge in [0.2, 0.25) is 11.8 Å². The van der Waals surface area contributed by atoms with Gasteiger partial charge in [-0.1, -0.05) is 12.1 Å². The Morgan fingerprint density at radius 2 is 2.00 bits per heavy atom. The molecule has 0 unspecified atom stereocenters. The lowest BCUT2D eigenvalue weighted by atomic mass is 9.83. The highest BCUT2D eigenvalue weighted by Gasteiger charge is 2.47. The fourth-order valence-electron chi connectivity index (χ4n) is 4.93. The van der Waals surface area contributed by atoms with E-state index in [4.69, 9.17) is 0 Å². The molecule has 1 spiro atoms. The molecule has 1 N–H and O–H groups in total. The molecule has 0 saturated carbocycles. The van der Waals surface area contributed by atoms with E-state index in [0.717, 1.165) is 56.3 Å². The molecule has 2 saturated heterocycles. The number of rotatable bonds is 3. The summed E-state index contributed by atoms with van der Waals surface area (Å²) in [6.07, 6.45) is 4.68. The summed E-state index contributed by atoms with van der Waals surface area (Å²) in [5, 5.41) is 4.27. The molecule has 2 aliphatic rings. The van der Waals surface area contributed by atoms with Crippen LogP contribution in [0.15, 0.2) is 36.5 Å². The van der Waals surface area contributed by atoms with Crippen LogP contribution in [0.3, 0.4) is 0 Å². The third kappa shape index (κ3) is 3.74. The Bertz CT molecular complexity index is 889. The Balaban J connectivity index is 1.56. The summed E-state index contributed by atoms with van der Waals surface area (Å²) in [4.78, 5) is 32.3. The minimum Gasteiger partial charge on any atom is -0.352 e. The first kappa shape index (κ1) is 18.9. The molecule has 0 radical (unpaired) electrons. The maximum absolute atomic E-state index is 11.8. The van der Waals surface area contributed by atoms with Crippen molar-refractivity contribution in [2.45, 2.75) is 51.2 Å². The number of nitrogens with zero attached hydrogens (tertiary/aromatic N) is 3. The van der Waals surface area contributed by atoms with Crippen LogP contribution in [0.2, 0.25) is 0 Å². The smallest absolute Gasteiger partial charge is 0.219 e. The molecule has 6 heteroatoms. The topological polar surface area (TPSA) is 65.5 Å². The number of carbonyl (C=O) groups excluding carboxylic acids is 2. The summed E-state index contributed by atoms with van der Waals surface area (Å²) < 4.78 is 0. The van der Waals surface area contributed by atoms with E-state index in [9.17, 15) is 9.59 Å². The molecule has 1 atom stereocenters. The second-order valence-electron chi connectivity index (χ2n) is 8.24. The average Bonchev–Trinajstić information content (AvgIpc) is 2.97. The normalized spacial score (nSPS) is 21.9. The number of piperidine rings is 1. The van der Waals surface area contributed by atoms with Gasteiger partial charge in [0, 0.05) is 63.2 Å². The predicted molar refractivity (Wildman–Crippen MR) is 109 cm³/mol. The van der Waals surface area contributed by atoms with E-state index in [2.05, 4.69) is 39.5 Å². The van der Waals surface area contributed by atoms with Crippen molar-refractivity contribution in [3.8, 4) is 0 Å². The van der Waals surface area contributed by atoms with Crippen molar-refractivity contribution in [2.24, 2.45) is 0 Å². The Morgan fingerprint density at radius 1 is 1.21 bits per heavy atom. The molecule has 28 heavy (non-hydrogen) atoms. The van der Waals surface area contributed by atoms with Gasteiger partial charge in [0.1, 0.15) is 0 Å². The van der Waals surface area contributed by atoms with Gasteiger partial charge in [-0.2, -0.15) is 0 Å². The number of aromatic nitrogens is 1. The average molecular weight is 380 g/mol. The van der Waals surface area contributed by atoms with E-state index >= 15 is 0 Å². The zero-order valence-corrected chi connectivity index (χ0v) is 16.6. The number of nitrogens with one attached hydrogen (secondary N) is 1. The number of pyridine rings is 1. The van der Waals surface area contributed by atoms with Gasteiger partial charge in [0.15, 0.2) is 0 Å². The lowest BCUT2D eigenvalue weighted by molar-refractivity contribution is -0.131. The molecule has 4 rings (SSSR count). The first-order valence-corrected chi connectivity index (χ1v) is 10.1. The lowest BCUT2D eigenvalue weighted by Crippen LogP contribution is -2.52. The Kier molecular flexibility index (Phi) is 5.06. The first-order chi connectivity index (χ1) is 13.4. The molecule has 3 heterocycles. The predicted octanol–water partition coefficient (Wildman–Crippen LogP) is 2.33. The van der Waals surface area contributed by atoms with Crippen molar-refractivity contribution in [2.75, 3.05) is 19.6 Å². The highest BCUT2D eigenvalue weighted by atomic mass is 16.2. The SMILES string of the molecule is CC(=O)N[C@@H]1CN(Cc2ccc3ncccc3c2)C2(CCN(C(C)=O)CC2)C1. The van der Waals surface area contributed by atoms with Crippen LogP contribution >= 0.6 is 0 Å². The van der Waals surface area contributed by atoms with Gasteiger partial charge in [-0.15, -0.1) is 0 Å². The molecule has 2 amide bonds. The number of hydrogen-bond acceptors (Lipinski definition) is 4. The number of amides is 2. The molecular weight excluding hydrogens is 352 g/mol. The molecule has 0 bridgehead atoms. The third-order valence-electron chi connectivity index (χ3n) is 6.33. The van der Waals surface area contributed by atoms with Gasteiger partial charge in [-0.05, 0) is 43.0 Å². The van der Waals surface area contributed by atoms with Gasteiger partial charge in [-0.3, -0.25) is 19.5 Å². The molecular formula is C22H28N4O2. The summed E-state index contributed by atoms with van der Waals surface area (Å²) in [5.74, 6) is 0.180. The van der Waals surface area contributed by atoms with Crippen molar-refractivity contribution in [3.63, 3.8) is 0 Å². The van der Waals surface area contributed by atoms with Crippen LogP contribution in [0, 0.1) is 0 Å². The fraction of sp³-hybridized carbons (Fsp3) is 0.500. The van der Waals surface area contributed by atoms with Crippen molar-refractivity contribution < 1.29 is 9.59 Å². The lowest BCUT2D eigenvalue weighted by Gasteiger charge is -2.45. The van der Waals surface area contributed by atoms with Gasteiger partial charge in [-0.25, -0.2) is 0 Å². The summed E-state index contributed by atoms with van der Waals surface area (Å²) in [6, 6.07) is 10.7. The van der Waals surface area contributed by atoms with Crippen LogP contribution in [-0.2, 0) is 16.1 Å². The van der Waals surface area contributed by atoms with Crippen LogP contribution in [0.25, 0.3) is 10.9 Å². The number of fused-ring (bicyclic) bond motifs is 1. The number of likely N-dealkylation sites (tertiary alicyclic amines) is 2. The quantitative estimate of drug-likeness (QED) is 0.888.